The third kappa shape index (κ3) is 4.12. The van der Waals surface area contributed by atoms with E-state index in [0.29, 0.717) is 0 Å². The van der Waals surface area contributed by atoms with Gasteiger partial charge in [0.25, 0.3) is 0 Å². The Kier molecular flexibility index (Phi) is 5.77. The molecule has 0 amide bonds. The van der Waals surface area contributed by atoms with Crippen molar-refractivity contribution < 1.29 is 3.07 Å². The van der Waals surface area contributed by atoms with Crippen molar-refractivity contribution in [2.75, 3.05) is 0 Å². The molecule has 3 atom stereocenters. The topological polar surface area (TPSA) is 35.2 Å². The van der Waals surface area contributed by atoms with Gasteiger partial charge in [0, 0.05) is 0 Å². The monoisotopic (exact) mass is 363 g/mol. The molecule has 0 fully saturated rings. The second-order valence-electron chi connectivity index (χ2n) is 4.63. The van der Waals surface area contributed by atoms with Crippen LogP contribution in [0.2, 0.25) is 4.94 Å². The van der Waals surface area contributed by atoms with Crippen LogP contribution in [-0.2, 0) is 3.07 Å². The molecule has 96 valence electrons. The van der Waals surface area contributed by atoms with Gasteiger partial charge in [0.2, 0.25) is 0 Å². The number of rotatable bonds is 5. The van der Waals surface area contributed by atoms with E-state index in [1.165, 1.54) is 3.58 Å². The summed E-state index contributed by atoms with van der Waals surface area (Å²) < 4.78 is 7.25. The Balaban J connectivity index is 3.05. The van der Waals surface area contributed by atoms with Gasteiger partial charge in [-0.15, -0.1) is 0 Å². The summed E-state index contributed by atoms with van der Waals surface area (Å²) in [6, 6.07) is 8.14. The van der Waals surface area contributed by atoms with Crippen LogP contribution in [-0.4, -0.2) is 23.8 Å². The Morgan fingerprint density at radius 1 is 1.35 bits per heavy atom. The van der Waals surface area contributed by atoms with Crippen molar-refractivity contribution in [3.05, 3.63) is 29.8 Å². The molecule has 0 bridgehead atoms. The number of hydrogen-bond donors (Lipinski definition) is 1. The van der Waals surface area contributed by atoms with Gasteiger partial charge in [-0.1, -0.05) is 0 Å². The van der Waals surface area contributed by atoms with Crippen molar-refractivity contribution in [1.29, 1.82) is 0 Å². The van der Waals surface area contributed by atoms with Gasteiger partial charge in [-0.05, 0) is 0 Å². The third-order valence-corrected chi connectivity index (χ3v) is 11.4. The van der Waals surface area contributed by atoms with Gasteiger partial charge in [-0.2, -0.15) is 0 Å². The van der Waals surface area contributed by atoms with E-state index in [2.05, 4.69) is 30.9 Å². The molecule has 3 unspecified atom stereocenters. The van der Waals surface area contributed by atoms with Crippen molar-refractivity contribution in [2.24, 2.45) is 5.73 Å². The van der Waals surface area contributed by atoms with Crippen LogP contribution in [0.25, 0.3) is 0 Å². The van der Waals surface area contributed by atoms with Crippen molar-refractivity contribution >= 4 is 30.2 Å². The fourth-order valence-corrected chi connectivity index (χ4v) is 10.5. The SMILES string of the molecule is CCC(C)[O][Sn]([CH3])([Cl])[c]1ccccc1C(C)N. The van der Waals surface area contributed by atoms with Crippen LogP contribution in [0.3, 0.4) is 0 Å². The van der Waals surface area contributed by atoms with Gasteiger partial charge in [0.05, 0.1) is 0 Å². The predicted octanol–water partition coefficient (Wildman–Crippen LogP) is 3.04. The van der Waals surface area contributed by atoms with E-state index in [1.807, 2.05) is 19.1 Å². The first-order valence-electron chi connectivity index (χ1n) is 6.10. The number of nitrogens with two attached hydrogens (primary N) is 1. The summed E-state index contributed by atoms with van der Waals surface area (Å²) in [4.78, 5) is 2.09. The Morgan fingerprint density at radius 2 is 1.94 bits per heavy atom. The molecule has 1 aromatic carbocycles. The Labute approximate surface area is 113 Å². The van der Waals surface area contributed by atoms with E-state index < -0.39 is 17.7 Å². The molecule has 0 spiro atoms. The summed E-state index contributed by atoms with van der Waals surface area (Å²) in [5.74, 6) is 0. The average Bonchev–Trinajstić information content (AvgIpc) is 2.28. The summed E-state index contributed by atoms with van der Waals surface area (Å²) in [6.45, 7) is 6.17. The molecule has 0 saturated heterocycles. The van der Waals surface area contributed by atoms with Crippen LogP contribution < -0.4 is 9.31 Å². The van der Waals surface area contributed by atoms with E-state index in [-0.39, 0.29) is 12.1 Å². The average molecular weight is 362 g/mol. The zero-order chi connectivity index (χ0) is 13.1. The number of halogens is 1. The fraction of sp³-hybridized carbons (Fsp3) is 0.538. The van der Waals surface area contributed by atoms with Crippen LogP contribution >= 0.6 is 8.92 Å². The molecule has 0 aliphatic carbocycles. The van der Waals surface area contributed by atoms with Gasteiger partial charge in [0.15, 0.2) is 0 Å². The fourth-order valence-electron chi connectivity index (χ4n) is 1.83. The van der Waals surface area contributed by atoms with Crippen molar-refractivity contribution in [3.63, 3.8) is 0 Å². The van der Waals surface area contributed by atoms with Crippen molar-refractivity contribution in [1.82, 2.24) is 0 Å². The molecule has 17 heavy (non-hydrogen) atoms. The molecule has 0 radical (unpaired) electrons. The number of hydrogen-bond acceptors (Lipinski definition) is 2. The van der Waals surface area contributed by atoms with Crippen molar-refractivity contribution in [2.45, 2.75) is 44.3 Å². The summed E-state index contributed by atoms with van der Waals surface area (Å²) in [5.41, 5.74) is 7.12. The predicted molar refractivity (Wildman–Crippen MR) is 77.0 cm³/mol. The first kappa shape index (κ1) is 15.3. The molecule has 2 N–H and O–H groups in total. The summed E-state index contributed by atoms with van der Waals surface area (Å²) >= 11 is -3.18. The minimum absolute atomic E-state index is 0.00140. The zero-order valence-electron chi connectivity index (χ0n) is 11.0. The van der Waals surface area contributed by atoms with E-state index in [9.17, 15) is 0 Å². The molecule has 2 nitrogen and oxygen atoms in total. The molecule has 0 aliphatic heterocycles. The van der Waals surface area contributed by atoms with E-state index in [1.54, 1.807) is 0 Å². The molecule has 0 aromatic heterocycles. The molecule has 1 aromatic rings. The second kappa shape index (κ2) is 6.41. The van der Waals surface area contributed by atoms with Crippen LogP contribution in [0.15, 0.2) is 24.3 Å². The maximum absolute atomic E-state index is 6.72. The van der Waals surface area contributed by atoms with E-state index >= 15 is 0 Å². The molecule has 4 heteroatoms. The van der Waals surface area contributed by atoms with Crippen LogP contribution in [0.5, 0.6) is 0 Å². The molecule has 0 saturated carbocycles. The quantitative estimate of drug-likeness (QED) is 0.817. The summed E-state index contributed by atoms with van der Waals surface area (Å²) in [5, 5.41) is 0. The molecule has 0 aliphatic rings. The van der Waals surface area contributed by atoms with E-state index in [0.717, 1.165) is 12.0 Å². The van der Waals surface area contributed by atoms with Gasteiger partial charge >= 0.3 is 113 Å². The maximum atomic E-state index is 6.72. The van der Waals surface area contributed by atoms with E-state index in [4.69, 9.17) is 17.7 Å². The summed E-state index contributed by atoms with van der Waals surface area (Å²) in [7, 11) is 6.72. The zero-order valence-corrected chi connectivity index (χ0v) is 14.6. The van der Waals surface area contributed by atoms with Gasteiger partial charge < -0.3 is 0 Å². The van der Waals surface area contributed by atoms with Crippen molar-refractivity contribution in [3.8, 4) is 0 Å². The normalized spacial score (nSPS) is 18.5. The first-order chi connectivity index (χ1) is 7.88. The molecular formula is C13H22ClNOSn. The minimum atomic E-state index is -3.18. The molecule has 0 heterocycles. The first-order valence-corrected chi connectivity index (χ1v) is 15.2. The molecule has 1 rings (SSSR count). The Hall–Kier alpha value is 0.229. The second-order valence-corrected chi connectivity index (χ2v) is 16.9. The molecular weight excluding hydrogens is 340 g/mol. The number of benzene rings is 1. The van der Waals surface area contributed by atoms with Gasteiger partial charge in [-0.25, -0.2) is 0 Å². The summed E-state index contributed by atoms with van der Waals surface area (Å²) in [6.07, 6.45) is 1.20. The standard InChI is InChI=1S/C8H10N.C4H9O.CH3.ClH.Sn/c1-7(9)8-5-3-2-4-6-8;1-3-4(2)5;;;/h2-5,7H,9H2,1H3;4H,3H2,1-2H3;1H3;1H;/q;-1;;;+2/p-1. The van der Waals surface area contributed by atoms with Crippen LogP contribution in [0.1, 0.15) is 38.8 Å². The van der Waals surface area contributed by atoms with Crippen LogP contribution in [0.4, 0.5) is 0 Å². The van der Waals surface area contributed by atoms with Gasteiger partial charge in [-0.3, -0.25) is 0 Å². The van der Waals surface area contributed by atoms with Crippen LogP contribution in [0, 0.1) is 0 Å². The Bertz CT molecular complexity index is 368. The third-order valence-electron chi connectivity index (χ3n) is 2.93. The van der Waals surface area contributed by atoms with Gasteiger partial charge in [0.1, 0.15) is 0 Å². The Morgan fingerprint density at radius 3 is 2.47 bits per heavy atom.